The van der Waals surface area contributed by atoms with Crippen LogP contribution in [-0.4, -0.2) is 33.5 Å². The van der Waals surface area contributed by atoms with Crippen LogP contribution in [0.4, 0.5) is 9.59 Å². The fourth-order valence-electron chi connectivity index (χ4n) is 0.691. The summed E-state index contributed by atoms with van der Waals surface area (Å²) in [6.45, 7) is 0. The second-order valence-electron chi connectivity index (χ2n) is 2.32. The molecule has 2 N–H and O–H groups in total. The van der Waals surface area contributed by atoms with Crippen molar-refractivity contribution in [3.8, 4) is 6.01 Å². The fraction of sp³-hybridized carbons (Fsp3) is 0. The first-order valence-electron chi connectivity index (χ1n) is 3.72. The molecule has 1 aromatic heterocycles. The van der Waals surface area contributed by atoms with Gasteiger partial charge in [-0.2, -0.15) is 4.98 Å². The predicted octanol–water partition coefficient (Wildman–Crippen LogP) is 0.709. The minimum Gasteiger partial charge on any atom is -0.465 e. The summed E-state index contributed by atoms with van der Waals surface area (Å²) >= 11 is 5.51. The van der Waals surface area contributed by atoms with Crippen LogP contribution < -0.4 is 10.1 Å². The van der Waals surface area contributed by atoms with Gasteiger partial charge >= 0.3 is 18.2 Å². The first kappa shape index (κ1) is 11.9. The number of carbonyl (C=O) groups is 3. The number of hydrogen-bond acceptors (Lipinski definition) is 6. The second kappa shape index (κ2) is 5.03. The third kappa shape index (κ3) is 3.17. The monoisotopic (exact) mass is 245 g/mol. The fourth-order valence-corrected chi connectivity index (χ4v) is 0.826. The molecule has 0 aromatic carbocycles. The minimum atomic E-state index is -1.59. The summed E-state index contributed by atoms with van der Waals surface area (Å²) in [6.07, 6.45) is -1.49. The highest BCUT2D eigenvalue weighted by Crippen LogP contribution is 2.12. The Bertz CT molecular complexity index is 450. The molecule has 1 rings (SSSR count). The van der Waals surface area contributed by atoms with Crippen molar-refractivity contribution >= 4 is 30.1 Å². The summed E-state index contributed by atoms with van der Waals surface area (Å²) in [5, 5.41) is 9.56. The highest BCUT2D eigenvalue weighted by Gasteiger charge is 2.11. The zero-order valence-corrected chi connectivity index (χ0v) is 8.26. The van der Waals surface area contributed by atoms with Crippen molar-refractivity contribution in [1.29, 1.82) is 0 Å². The third-order valence-corrected chi connectivity index (χ3v) is 1.54. The van der Waals surface area contributed by atoms with Crippen molar-refractivity contribution in [3.05, 3.63) is 16.9 Å². The molecule has 0 aliphatic carbocycles. The number of carbonyl (C=O) groups excluding carboxylic acids is 2. The number of ether oxygens (including phenoxy) is 1. The van der Waals surface area contributed by atoms with Crippen LogP contribution in [0.25, 0.3) is 0 Å². The van der Waals surface area contributed by atoms with Crippen LogP contribution in [0.3, 0.4) is 0 Å². The third-order valence-electron chi connectivity index (χ3n) is 1.25. The summed E-state index contributed by atoms with van der Waals surface area (Å²) in [6, 6.07) is -0.481. The Labute approximate surface area is 93.2 Å². The van der Waals surface area contributed by atoms with E-state index >= 15 is 0 Å². The predicted molar refractivity (Wildman–Crippen MR) is 49.6 cm³/mol. The molecule has 16 heavy (non-hydrogen) atoms. The average Bonchev–Trinajstić information content (AvgIpc) is 2.19. The standard InChI is InChI=1S/C7H4ClN3O5/c8-3-1-9-5(10-4(3)2-12)16-7(15)11-6(13)14/h1-2H,(H,11,15)(H,13,14). The van der Waals surface area contributed by atoms with E-state index in [1.54, 1.807) is 0 Å². The van der Waals surface area contributed by atoms with Gasteiger partial charge < -0.3 is 9.84 Å². The lowest BCUT2D eigenvalue weighted by Crippen LogP contribution is -2.31. The van der Waals surface area contributed by atoms with Crippen molar-refractivity contribution in [3.63, 3.8) is 0 Å². The highest BCUT2D eigenvalue weighted by molar-refractivity contribution is 6.32. The SMILES string of the molecule is O=Cc1nc(OC(=O)NC(=O)O)ncc1Cl. The van der Waals surface area contributed by atoms with Crippen LogP contribution in [0.2, 0.25) is 5.02 Å². The lowest BCUT2D eigenvalue weighted by molar-refractivity contribution is 0.111. The van der Waals surface area contributed by atoms with Crippen LogP contribution >= 0.6 is 11.6 Å². The van der Waals surface area contributed by atoms with E-state index in [1.165, 1.54) is 5.32 Å². The van der Waals surface area contributed by atoms with E-state index < -0.39 is 18.2 Å². The molecule has 0 atom stereocenters. The van der Waals surface area contributed by atoms with E-state index in [-0.39, 0.29) is 10.7 Å². The first-order chi connectivity index (χ1) is 7.52. The molecule has 0 fully saturated rings. The van der Waals surface area contributed by atoms with Crippen LogP contribution in [0, 0.1) is 0 Å². The smallest absolute Gasteiger partial charge is 0.424 e. The maximum absolute atomic E-state index is 10.8. The molecule has 84 valence electrons. The highest BCUT2D eigenvalue weighted by atomic mass is 35.5. The zero-order chi connectivity index (χ0) is 12.1. The molecule has 0 aliphatic rings. The molecule has 2 amide bonds. The molecule has 0 aliphatic heterocycles. The van der Waals surface area contributed by atoms with Gasteiger partial charge in [-0.1, -0.05) is 11.6 Å². The number of aromatic nitrogens is 2. The molecular weight excluding hydrogens is 242 g/mol. The Balaban J connectivity index is 2.78. The average molecular weight is 246 g/mol. The number of amides is 2. The molecular formula is C7H4ClN3O5. The molecule has 0 saturated carbocycles. The van der Waals surface area contributed by atoms with Crippen molar-refractivity contribution in [2.45, 2.75) is 0 Å². The van der Waals surface area contributed by atoms with E-state index in [4.69, 9.17) is 16.7 Å². The van der Waals surface area contributed by atoms with E-state index in [1.807, 2.05) is 0 Å². The van der Waals surface area contributed by atoms with Gasteiger partial charge in [0, 0.05) is 0 Å². The molecule has 9 heteroatoms. The quantitative estimate of drug-likeness (QED) is 0.736. The summed E-state index contributed by atoms with van der Waals surface area (Å²) in [4.78, 5) is 38.2. The number of rotatable bonds is 2. The van der Waals surface area contributed by atoms with E-state index in [0.717, 1.165) is 6.20 Å². The van der Waals surface area contributed by atoms with E-state index in [9.17, 15) is 14.4 Å². The van der Waals surface area contributed by atoms with Gasteiger partial charge in [-0.15, -0.1) is 0 Å². The maximum atomic E-state index is 10.8. The minimum absolute atomic E-state index is 0.0130. The van der Waals surface area contributed by atoms with Gasteiger partial charge in [-0.05, 0) is 0 Å². The van der Waals surface area contributed by atoms with Crippen molar-refractivity contribution in [2.24, 2.45) is 0 Å². The molecule has 0 unspecified atom stereocenters. The Kier molecular flexibility index (Phi) is 3.72. The van der Waals surface area contributed by atoms with Crippen LogP contribution in [0.1, 0.15) is 10.5 Å². The van der Waals surface area contributed by atoms with E-state index in [2.05, 4.69) is 14.7 Å². The molecule has 1 aromatic rings. The van der Waals surface area contributed by atoms with E-state index in [0.29, 0.717) is 6.29 Å². The lowest BCUT2D eigenvalue weighted by Gasteiger charge is -2.01. The molecule has 0 radical (unpaired) electrons. The summed E-state index contributed by atoms with van der Waals surface area (Å²) in [5.74, 6) is 0. The van der Waals surface area contributed by atoms with Crippen molar-refractivity contribution < 1.29 is 24.2 Å². The number of halogens is 1. The van der Waals surface area contributed by atoms with Crippen LogP contribution in [-0.2, 0) is 0 Å². The first-order valence-corrected chi connectivity index (χ1v) is 4.10. The maximum Gasteiger partial charge on any atom is 0.424 e. The molecule has 0 spiro atoms. The Morgan fingerprint density at radius 3 is 2.81 bits per heavy atom. The lowest BCUT2D eigenvalue weighted by atomic mass is 10.4. The van der Waals surface area contributed by atoms with Crippen molar-refractivity contribution in [1.82, 2.24) is 15.3 Å². The summed E-state index contributed by atoms with van der Waals surface area (Å²) in [7, 11) is 0. The molecule has 1 heterocycles. The number of carboxylic acid groups (broad SMARTS) is 1. The number of hydrogen-bond donors (Lipinski definition) is 2. The van der Waals surface area contributed by atoms with Gasteiger partial charge in [-0.25, -0.2) is 19.9 Å². The Hall–Kier alpha value is -2.22. The van der Waals surface area contributed by atoms with Crippen molar-refractivity contribution in [2.75, 3.05) is 0 Å². The van der Waals surface area contributed by atoms with Crippen LogP contribution in [0.15, 0.2) is 6.20 Å². The normalized spacial score (nSPS) is 9.31. The number of nitrogens with zero attached hydrogens (tertiary/aromatic N) is 2. The Morgan fingerprint density at radius 2 is 2.25 bits per heavy atom. The topological polar surface area (TPSA) is 118 Å². The summed E-state index contributed by atoms with van der Waals surface area (Å²) < 4.78 is 4.35. The second-order valence-corrected chi connectivity index (χ2v) is 2.73. The number of imide groups is 1. The Morgan fingerprint density at radius 1 is 1.56 bits per heavy atom. The number of nitrogens with one attached hydrogen (secondary N) is 1. The molecule has 0 saturated heterocycles. The number of aldehydes is 1. The van der Waals surface area contributed by atoms with Gasteiger partial charge in [-0.3, -0.25) is 4.79 Å². The molecule has 8 nitrogen and oxygen atoms in total. The van der Waals surface area contributed by atoms with Gasteiger partial charge in [0.2, 0.25) is 0 Å². The summed E-state index contributed by atoms with van der Waals surface area (Å²) in [5.41, 5.74) is -0.171. The van der Waals surface area contributed by atoms with Gasteiger partial charge in [0.05, 0.1) is 11.2 Å². The largest absolute Gasteiger partial charge is 0.465 e. The van der Waals surface area contributed by atoms with Crippen LogP contribution in [0.5, 0.6) is 6.01 Å². The molecule has 0 bridgehead atoms. The van der Waals surface area contributed by atoms with Gasteiger partial charge in [0.25, 0.3) is 0 Å². The zero-order valence-electron chi connectivity index (χ0n) is 7.51. The van der Waals surface area contributed by atoms with Gasteiger partial charge in [0.15, 0.2) is 6.29 Å². The van der Waals surface area contributed by atoms with Gasteiger partial charge in [0.1, 0.15) is 5.69 Å².